The van der Waals surface area contributed by atoms with Gasteiger partial charge in [0.15, 0.2) is 0 Å². The van der Waals surface area contributed by atoms with Gasteiger partial charge in [0.25, 0.3) is 5.92 Å². The number of alkyl halides is 2. The minimum absolute atomic E-state index is 0.102. The summed E-state index contributed by atoms with van der Waals surface area (Å²) < 4.78 is 41.0. The molecule has 7 heteroatoms. The van der Waals surface area contributed by atoms with E-state index in [1.54, 1.807) is 17.2 Å². The van der Waals surface area contributed by atoms with E-state index in [1.165, 1.54) is 0 Å². The van der Waals surface area contributed by atoms with Gasteiger partial charge < -0.3 is 9.45 Å². The van der Waals surface area contributed by atoms with Gasteiger partial charge in [-0.1, -0.05) is 19.9 Å². The molecule has 2 atom stereocenters. The highest BCUT2D eigenvalue weighted by Crippen LogP contribution is 2.32. The molecular formula is C16H25F2N3OS. The summed E-state index contributed by atoms with van der Waals surface area (Å²) in [6, 6.07) is 3.52. The normalized spacial score (nSPS) is 20.3. The summed E-state index contributed by atoms with van der Waals surface area (Å²) in [5, 5.41) is 0. The molecule has 2 heterocycles. The van der Waals surface area contributed by atoms with E-state index in [1.807, 2.05) is 40.7 Å². The molecule has 130 valence electrons. The van der Waals surface area contributed by atoms with Gasteiger partial charge in [-0.15, -0.1) is 4.72 Å². The molecule has 0 spiro atoms. The van der Waals surface area contributed by atoms with Crippen LogP contribution >= 0.6 is 0 Å². The third kappa shape index (κ3) is 4.55. The quantitative estimate of drug-likeness (QED) is 0.832. The van der Waals surface area contributed by atoms with Crippen LogP contribution in [0.25, 0.3) is 0 Å². The molecule has 0 amide bonds. The van der Waals surface area contributed by atoms with Crippen molar-refractivity contribution in [1.29, 1.82) is 0 Å². The van der Waals surface area contributed by atoms with Crippen LogP contribution in [0.15, 0.2) is 18.3 Å². The summed E-state index contributed by atoms with van der Waals surface area (Å²) in [6.45, 7) is 9.28. The molecule has 0 bridgehead atoms. The van der Waals surface area contributed by atoms with E-state index < -0.39 is 17.3 Å². The van der Waals surface area contributed by atoms with Crippen LogP contribution < -0.4 is 9.62 Å². The fourth-order valence-electron chi connectivity index (χ4n) is 2.32. The molecule has 2 rings (SSSR count). The first-order chi connectivity index (χ1) is 10.5. The van der Waals surface area contributed by atoms with Crippen LogP contribution in [0.5, 0.6) is 0 Å². The number of halogens is 2. The molecule has 23 heavy (non-hydrogen) atoms. The van der Waals surface area contributed by atoms with E-state index in [0.717, 1.165) is 5.56 Å². The highest BCUT2D eigenvalue weighted by Gasteiger charge is 2.44. The standard InChI is InChI=1S/C16H25F2N3OS/c1-11(2)14(20-23(22)15(3,4)5)12-6-7-13(19-8-12)21-9-16(17,18)10-21/h6-8,11,14,20H,9-10H2,1-5H3/t14-,23+/m0/s1. The summed E-state index contributed by atoms with van der Waals surface area (Å²) in [5.74, 6) is -1.83. The van der Waals surface area contributed by atoms with Crippen LogP contribution in [0, 0.1) is 5.92 Å². The monoisotopic (exact) mass is 345 g/mol. The zero-order chi connectivity index (χ0) is 17.4. The summed E-state index contributed by atoms with van der Waals surface area (Å²) in [4.78, 5) is 5.84. The van der Waals surface area contributed by atoms with E-state index in [0.29, 0.717) is 5.82 Å². The Bertz CT molecular complexity index is 523. The van der Waals surface area contributed by atoms with Gasteiger partial charge in [-0.25, -0.2) is 13.8 Å². The number of nitrogens with one attached hydrogen (secondary N) is 1. The highest BCUT2D eigenvalue weighted by atomic mass is 32.2. The average Bonchev–Trinajstić information content (AvgIpc) is 2.40. The maximum Gasteiger partial charge on any atom is 0.282 e. The van der Waals surface area contributed by atoms with Crippen LogP contribution in [0.1, 0.15) is 46.2 Å². The molecule has 1 aliphatic rings. The first-order valence-corrected chi connectivity index (χ1v) is 8.91. The van der Waals surface area contributed by atoms with Gasteiger partial charge in [-0.05, 0) is 38.3 Å². The predicted octanol–water partition coefficient (Wildman–Crippen LogP) is 3.29. The molecular weight excluding hydrogens is 320 g/mol. The highest BCUT2D eigenvalue weighted by molar-refractivity contribution is 7.90. The molecule has 0 aromatic carbocycles. The molecule has 1 aliphatic heterocycles. The lowest BCUT2D eigenvalue weighted by molar-refractivity contribution is -0.0267. The number of anilines is 1. The van der Waals surface area contributed by atoms with Crippen LogP contribution in [0.4, 0.5) is 14.6 Å². The number of aromatic nitrogens is 1. The van der Waals surface area contributed by atoms with Crippen molar-refractivity contribution >= 4 is 17.2 Å². The third-order valence-corrected chi connectivity index (χ3v) is 5.34. The van der Waals surface area contributed by atoms with Crippen molar-refractivity contribution < 1.29 is 13.3 Å². The maximum absolute atomic E-state index is 12.9. The molecule has 1 aromatic rings. The lowest BCUT2D eigenvalue weighted by Crippen LogP contribution is -2.56. The zero-order valence-corrected chi connectivity index (χ0v) is 15.1. The van der Waals surface area contributed by atoms with Crippen molar-refractivity contribution in [2.75, 3.05) is 18.0 Å². The van der Waals surface area contributed by atoms with Crippen LogP contribution in [0.3, 0.4) is 0 Å². The summed E-state index contributed by atoms with van der Waals surface area (Å²) in [6.07, 6.45) is 1.68. The smallest absolute Gasteiger partial charge is 0.282 e. The summed E-state index contributed by atoms with van der Waals surface area (Å²) in [5.41, 5.74) is 0.911. The Balaban J connectivity index is 2.08. The SMILES string of the molecule is CC(C)[C@H](N[S@+]([O-])C(C)(C)C)c1ccc(N2CC(F)(F)C2)nc1. The first-order valence-electron chi connectivity index (χ1n) is 7.76. The molecule has 1 fully saturated rings. The fourth-order valence-corrected chi connectivity index (χ4v) is 3.32. The number of hydrogen-bond acceptors (Lipinski definition) is 4. The van der Waals surface area contributed by atoms with Gasteiger partial charge in [0.05, 0.1) is 19.1 Å². The van der Waals surface area contributed by atoms with Gasteiger partial charge in [0, 0.05) is 17.6 Å². The lowest BCUT2D eigenvalue weighted by atomic mass is 9.98. The molecule has 0 radical (unpaired) electrons. The largest absolute Gasteiger partial charge is 0.598 e. The minimum Gasteiger partial charge on any atom is -0.598 e. The third-order valence-electron chi connectivity index (χ3n) is 3.76. The van der Waals surface area contributed by atoms with Gasteiger partial charge in [0.2, 0.25) is 0 Å². The maximum atomic E-state index is 12.9. The van der Waals surface area contributed by atoms with E-state index in [4.69, 9.17) is 0 Å². The van der Waals surface area contributed by atoms with Crippen molar-refractivity contribution in [1.82, 2.24) is 9.71 Å². The number of nitrogens with zero attached hydrogens (tertiary/aromatic N) is 2. The Morgan fingerprint density at radius 2 is 1.91 bits per heavy atom. The van der Waals surface area contributed by atoms with E-state index in [9.17, 15) is 13.3 Å². The molecule has 0 saturated carbocycles. The second-order valence-electron chi connectivity index (χ2n) is 7.38. The Hall–Kier alpha value is -0.920. The summed E-state index contributed by atoms with van der Waals surface area (Å²) >= 11 is -1.19. The van der Waals surface area contributed by atoms with Gasteiger partial charge in [0.1, 0.15) is 10.6 Å². The van der Waals surface area contributed by atoms with Crippen molar-refractivity contribution in [2.45, 2.75) is 51.3 Å². The van der Waals surface area contributed by atoms with Crippen molar-refractivity contribution in [3.05, 3.63) is 23.9 Å². The number of rotatable bonds is 5. The molecule has 0 unspecified atom stereocenters. The number of hydrogen-bond donors (Lipinski definition) is 1. The minimum atomic E-state index is -2.61. The molecule has 1 saturated heterocycles. The van der Waals surface area contributed by atoms with Gasteiger partial charge in [-0.3, -0.25) is 0 Å². The Labute approximate surface area is 140 Å². The van der Waals surface area contributed by atoms with Crippen LogP contribution in [0.2, 0.25) is 0 Å². The van der Waals surface area contributed by atoms with Gasteiger partial charge in [-0.2, -0.15) is 0 Å². The second kappa shape index (κ2) is 6.53. The predicted molar refractivity (Wildman–Crippen MR) is 90.0 cm³/mol. The van der Waals surface area contributed by atoms with Crippen molar-refractivity contribution in [3.63, 3.8) is 0 Å². The average molecular weight is 345 g/mol. The Morgan fingerprint density at radius 1 is 1.30 bits per heavy atom. The zero-order valence-electron chi connectivity index (χ0n) is 14.3. The van der Waals surface area contributed by atoms with E-state index >= 15 is 0 Å². The van der Waals surface area contributed by atoms with E-state index in [2.05, 4.69) is 9.71 Å². The topological polar surface area (TPSA) is 51.2 Å². The lowest BCUT2D eigenvalue weighted by Gasteiger charge is -2.39. The van der Waals surface area contributed by atoms with Crippen LogP contribution in [-0.4, -0.2) is 33.3 Å². The van der Waals surface area contributed by atoms with Crippen molar-refractivity contribution in [3.8, 4) is 0 Å². The first kappa shape index (κ1) is 18.4. The van der Waals surface area contributed by atoms with E-state index in [-0.39, 0.29) is 29.8 Å². The molecule has 4 nitrogen and oxygen atoms in total. The fraction of sp³-hybridized carbons (Fsp3) is 0.688. The molecule has 1 aromatic heterocycles. The van der Waals surface area contributed by atoms with Crippen molar-refractivity contribution in [2.24, 2.45) is 5.92 Å². The van der Waals surface area contributed by atoms with Gasteiger partial charge >= 0.3 is 0 Å². The Kier molecular flexibility index (Phi) is 5.23. The summed E-state index contributed by atoms with van der Waals surface area (Å²) in [7, 11) is 0. The van der Waals surface area contributed by atoms with Crippen LogP contribution in [-0.2, 0) is 11.4 Å². The Morgan fingerprint density at radius 3 is 2.30 bits per heavy atom. The number of pyridine rings is 1. The second-order valence-corrected chi connectivity index (χ2v) is 9.38. The molecule has 0 aliphatic carbocycles. The molecule has 1 N–H and O–H groups in total.